The molecule has 5 rings (SSSR count). The number of hydrogen-bond acceptors (Lipinski definition) is 5. The molecule has 1 aliphatic rings. The fraction of sp³-hybridized carbons (Fsp3) is 0.261. The molecule has 0 bridgehead atoms. The number of nitrogens with zero attached hydrogens (tertiary/aromatic N) is 5. The first kappa shape index (κ1) is 17.7. The van der Waals surface area contributed by atoms with Gasteiger partial charge >= 0.3 is 0 Å². The Morgan fingerprint density at radius 2 is 1.55 bits per heavy atom. The third kappa shape index (κ3) is 3.20. The van der Waals surface area contributed by atoms with Crippen molar-refractivity contribution in [2.24, 2.45) is 5.92 Å². The summed E-state index contributed by atoms with van der Waals surface area (Å²) in [5, 5.41) is 5.55. The van der Waals surface area contributed by atoms with Gasteiger partial charge in [0, 0.05) is 18.7 Å². The summed E-state index contributed by atoms with van der Waals surface area (Å²) in [7, 11) is 0. The lowest BCUT2D eigenvalue weighted by Crippen LogP contribution is -2.34. The van der Waals surface area contributed by atoms with Crippen LogP contribution < -0.4 is 10.6 Å². The van der Waals surface area contributed by atoms with E-state index in [1.165, 1.54) is 0 Å². The number of fused-ring (bicyclic) bond motifs is 1. The third-order valence-electron chi connectivity index (χ3n) is 5.67. The Balaban J connectivity index is 1.71. The molecular formula is C23H24N6. The van der Waals surface area contributed by atoms with Gasteiger partial charge in [-0.3, -0.25) is 0 Å². The summed E-state index contributed by atoms with van der Waals surface area (Å²) in [6, 6.07) is 20.1. The Hall–Kier alpha value is -3.41. The first-order chi connectivity index (χ1) is 14.2. The second kappa shape index (κ2) is 7.20. The highest BCUT2D eigenvalue weighted by Gasteiger charge is 2.23. The molecule has 1 aliphatic heterocycles. The minimum Gasteiger partial charge on any atom is -0.383 e. The zero-order valence-corrected chi connectivity index (χ0v) is 16.5. The molecule has 6 heteroatoms. The first-order valence-electron chi connectivity index (χ1n) is 10.1. The summed E-state index contributed by atoms with van der Waals surface area (Å²) in [6.07, 6.45) is 2.31. The summed E-state index contributed by atoms with van der Waals surface area (Å²) in [5.74, 6) is 2.04. The standard InChI is InChI=1S/C23H24N6/c1-16-12-14-28(15-13-16)23-25-20(17-8-4-2-5-9-17)19-21(24)29(27-22(19)26-23)18-10-6-3-7-11-18/h2-11,16H,12-15,24H2,1H3. The maximum absolute atomic E-state index is 6.56. The monoisotopic (exact) mass is 384 g/mol. The van der Waals surface area contributed by atoms with Gasteiger partial charge in [0.05, 0.1) is 16.8 Å². The molecule has 146 valence electrons. The molecule has 0 atom stereocenters. The molecular weight excluding hydrogens is 360 g/mol. The predicted molar refractivity (Wildman–Crippen MR) is 117 cm³/mol. The maximum Gasteiger partial charge on any atom is 0.228 e. The summed E-state index contributed by atoms with van der Waals surface area (Å²) in [6.45, 7) is 4.24. The number of piperidine rings is 1. The van der Waals surface area contributed by atoms with Crippen molar-refractivity contribution in [3.8, 4) is 16.9 Å². The molecule has 2 aromatic carbocycles. The number of nitrogen functional groups attached to an aromatic ring is 1. The number of hydrogen-bond donors (Lipinski definition) is 1. The van der Waals surface area contributed by atoms with Crippen LogP contribution in [0.25, 0.3) is 28.0 Å². The van der Waals surface area contributed by atoms with E-state index in [-0.39, 0.29) is 0 Å². The zero-order valence-electron chi connectivity index (χ0n) is 16.5. The molecule has 2 aromatic heterocycles. The molecule has 3 heterocycles. The second-order valence-electron chi connectivity index (χ2n) is 7.74. The van der Waals surface area contributed by atoms with Crippen LogP contribution in [-0.2, 0) is 0 Å². The van der Waals surface area contributed by atoms with Gasteiger partial charge in [0.15, 0.2) is 5.65 Å². The largest absolute Gasteiger partial charge is 0.383 e. The van der Waals surface area contributed by atoms with Crippen LogP contribution >= 0.6 is 0 Å². The van der Waals surface area contributed by atoms with Crippen molar-refractivity contribution in [3.05, 3.63) is 60.7 Å². The molecule has 1 saturated heterocycles. The van der Waals surface area contributed by atoms with E-state index in [4.69, 9.17) is 20.8 Å². The van der Waals surface area contributed by atoms with Gasteiger partial charge in [0.1, 0.15) is 5.82 Å². The van der Waals surface area contributed by atoms with Crippen molar-refractivity contribution in [2.45, 2.75) is 19.8 Å². The molecule has 0 saturated carbocycles. The molecule has 0 unspecified atom stereocenters. The lowest BCUT2D eigenvalue weighted by molar-refractivity contribution is 0.435. The highest BCUT2D eigenvalue weighted by Crippen LogP contribution is 2.34. The first-order valence-corrected chi connectivity index (χ1v) is 10.1. The molecule has 6 nitrogen and oxygen atoms in total. The Morgan fingerprint density at radius 3 is 2.24 bits per heavy atom. The zero-order chi connectivity index (χ0) is 19.8. The lowest BCUT2D eigenvalue weighted by atomic mass is 9.99. The Kier molecular flexibility index (Phi) is 4.39. The lowest BCUT2D eigenvalue weighted by Gasteiger charge is -2.30. The fourth-order valence-corrected chi connectivity index (χ4v) is 3.92. The van der Waals surface area contributed by atoms with E-state index < -0.39 is 0 Å². The smallest absolute Gasteiger partial charge is 0.228 e. The molecule has 0 amide bonds. The summed E-state index contributed by atoms with van der Waals surface area (Å²) in [5.41, 5.74) is 9.96. The SMILES string of the molecule is CC1CCN(c2nc(-c3ccccc3)c3c(N)n(-c4ccccc4)nc3n2)CC1. The van der Waals surface area contributed by atoms with E-state index in [0.717, 1.165) is 60.1 Å². The van der Waals surface area contributed by atoms with Crippen molar-refractivity contribution >= 4 is 22.8 Å². The highest BCUT2D eigenvalue weighted by molar-refractivity contribution is 5.99. The minimum atomic E-state index is 0.559. The fourth-order valence-electron chi connectivity index (χ4n) is 3.92. The van der Waals surface area contributed by atoms with Crippen LogP contribution in [0.15, 0.2) is 60.7 Å². The summed E-state index contributed by atoms with van der Waals surface area (Å²) < 4.78 is 1.76. The van der Waals surface area contributed by atoms with Gasteiger partial charge in [-0.05, 0) is 30.9 Å². The summed E-state index contributed by atoms with van der Waals surface area (Å²) in [4.78, 5) is 12.1. The van der Waals surface area contributed by atoms with Crippen molar-refractivity contribution < 1.29 is 0 Å². The van der Waals surface area contributed by atoms with Gasteiger partial charge in [-0.1, -0.05) is 55.5 Å². The van der Waals surface area contributed by atoms with Crippen LogP contribution in [0, 0.1) is 5.92 Å². The molecule has 2 N–H and O–H groups in total. The number of para-hydroxylation sites is 1. The number of aromatic nitrogens is 4. The van der Waals surface area contributed by atoms with Gasteiger partial charge in [0.2, 0.25) is 5.95 Å². The predicted octanol–water partition coefficient (Wildman–Crippen LogP) is 4.30. The number of benzene rings is 2. The molecule has 0 radical (unpaired) electrons. The summed E-state index contributed by atoms with van der Waals surface area (Å²) >= 11 is 0. The van der Waals surface area contributed by atoms with E-state index in [1.54, 1.807) is 4.68 Å². The van der Waals surface area contributed by atoms with E-state index in [2.05, 4.69) is 24.0 Å². The van der Waals surface area contributed by atoms with Crippen molar-refractivity contribution in [1.29, 1.82) is 0 Å². The highest BCUT2D eigenvalue weighted by atomic mass is 15.3. The van der Waals surface area contributed by atoms with Crippen molar-refractivity contribution in [3.63, 3.8) is 0 Å². The average Bonchev–Trinajstić information content (AvgIpc) is 3.11. The van der Waals surface area contributed by atoms with Gasteiger partial charge in [-0.2, -0.15) is 4.98 Å². The van der Waals surface area contributed by atoms with Crippen LogP contribution in [0.1, 0.15) is 19.8 Å². The van der Waals surface area contributed by atoms with Crippen LogP contribution in [0.5, 0.6) is 0 Å². The van der Waals surface area contributed by atoms with E-state index in [0.29, 0.717) is 11.5 Å². The maximum atomic E-state index is 6.56. The Morgan fingerprint density at radius 1 is 0.897 bits per heavy atom. The van der Waals surface area contributed by atoms with Crippen LogP contribution in [0.2, 0.25) is 0 Å². The molecule has 29 heavy (non-hydrogen) atoms. The minimum absolute atomic E-state index is 0.559. The molecule has 0 aliphatic carbocycles. The van der Waals surface area contributed by atoms with Crippen molar-refractivity contribution in [2.75, 3.05) is 23.7 Å². The van der Waals surface area contributed by atoms with Crippen molar-refractivity contribution in [1.82, 2.24) is 19.7 Å². The molecule has 0 spiro atoms. The molecule has 1 fully saturated rings. The van der Waals surface area contributed by atoms with Crippen LogP contribution in [0.3, 0.4) is 0 Å². The van der Waals surface area contributed by atoms with Gasteiger partial charge in [0.25, 0.3) is 0 Å². The number of rotatable bonds is 3. The topological polar surface area (TPSA) is 72.9 Å². The van der Waals surface area contributed by atoms with Gasteiger partial charge in [-0.25, -0.2) is 9.67 Å². The van der Waals surface area contributed by atoms with Crippen LogP contribution in [0.4, 0.5) is 11.8 Å². The average molecular weight is 384 g/mol. The van der Waals surface area contributed by atoms with Gasteiger partial charge < -0.3 is 10.6 Å². The second-order valence-corrected chi connectivity index (χ2v) is 7.74. The Bertz CT molecular complexity index is 1130. The third-order valence-corrected chi connectivity index (χ3v) is 5.67. The van der Waals surface area contributed by atoms with E-state index in [9.17, 15) is 0 Å². The van der Waals surface area contributed by atoms with Gasteiger partial charge in [-0.15, -0.1) is 5.10 Å². The van der Waals surface area contributed by atoms with E-state index in [1.807, 2.05) is 48.5 Å². The van der Waals surface area contributed by atoms with E-state index >= 15 is 0 Å². The number of nitrogens with two attached hydrogens (primary N) is 1. The quantitative estimate of drug-likeness (QED) is 0.570. The van der Waals surface area contributed by atoms with Crippen LogP contribution in [-0.4, -0.2) is 32.8 Å². The molecule has 4 aromatic rings. The number of anilines is 2. The Labute approximate surface area is 170 Å². The normalized spacial score (nSPS) is 15.1.